The van der Waals surface area contributed by atoms with Gasteiger partial charge in [0.05, 0.1) is 25.6 Å². The highest BCUT2D eigenvalue weighted by Crippen LogP contribution is 2.21. The van der Waals surface area contributed by atoms with Gasteiger partial charge in [0, 0.05) is 13.1 Å². The van der Waals surface area contributed by atoms with Crippen molar-refractivity contribution in [2.24, 2.45) is 0 Å². The number of nitrogens with zero attached hydrogens (tertiary/aromatic N) is 2. The quantitative estimate of drug-likeness (QED) is 0.247. The van der Waals surface area contributed by atoms with E-state index in [1.165, 1.54) is 27.1 Å². The minimum Gasteiger partial charge on any atom is -0.463 e. The van der Waals surface area contributed by atoms with Crippen LogP contribution in [0.15, 0.2) is 73.2 Å². The molecule has 0 saturated heterocycles. The molecule has 1 aromatic heterocycles. The molecule has 0 aliphatic carbocycles. The molecule has 1 heterocycles. The Balaban J connectivity index is 1.75. The Hall–Kier alpha value is -4.71. The first-order valence-electron chi connectivity index (χ1n) is 14.2. The first-order chi connectivity index (χ1) is 20.7. The van der Waals surface area contributed by atoms with E-state index < -0.39 is 41.1 Å². The molecule has 2 aromatic carbocycles. The van der Waals surface area contributed by atoms with Crippen molar-refractivity contribution in [1.29, 1.82) is 0 Å². The predicted molar refractivity (Wildman–Crippen MR) is 164 cm³/mol. The molecule has 0 spiro atoms. The SMILES string of the molecule is CC(=O)OCC(c1ccccc1)n1cnc(NC(=O)[C@@H](COCc2ccccc2)NC(=O)C(C)(C)NC(=O)OC(C)(C)C)c1. The van der Waals surface area contributed by atoms with E-state index in [0.29, 0.717) is 0 Å². The summed E-state index contributed by atoms with van der Waals surface area (Å²) in [5.74, 6) is -1.41. The van der Waals surface area contributed by atoms with Crippen LogP contribution in [0.2, 0.25) is 0 Å². The summed E-state index contributed by atoms with van der Waals surface area (Å²) in [5, 5.41) is 7.95. The second-order valence-corrected chi connectivity index (χ2v) is 11.7. The lowest BCUT2D eigenvalue weighted by atomic mass is 10.0. The fourth-order valence-electron chi connectivity index (χ4n) is 4.02. The van der Waals surface area contributed by atoms with Crippen molar-refractivity contribution in [2.75, 3.05) is 18.5 Å². The van der Waals surface area contributed by atoms with Crippen molar-refractivity contribution < 1.29 is 33.4 Å². The molecule has 0 aliphatic heterocycles. The van der Waals surface area contributed by atoms with Gasteiger partial charge in [-0.25, -0.2) is 9.78 Å². The van der Waals surface area contributed by atoms with Crippen molar-refractivity contribution in [3.05, 3.63) is 84.3 Å². The van der Waals surface area contributed by atoms with Crippen LogP contribution in [0.1, 0.15) is 58.7 Å². The van der Waals surface area contributed by atoms with Crippen molar-refractivity contribution in [3.8, 4) is 0 Å². The van der Waals surface area contributed by atoms with Crippen molar-refractivity contribution in [2.45, 2.75) is 71.4 Å². The van der Waals surface area contributed by atoms with Gasteiger partial charge < -0.3 is 34.7 Å². The molecule has 12 heteroatoms. The normalized spacial score (nSPS) is 12.9. The number of amides is 3. The van der Waals surface area contributed by atoms with Gasteiger partial charge in [-0.15, -0.1) is 0 Å². The summed E-state index contributed by atoms with van der Waals surface area (Å²) in [6.07, 6.45) is 2.35. The smallest absolute Gasteiger partial charge is 0.408 e. The molecule has 3 rings (SSSR count). The van der Waals surface area contributed by atoms with Crippen molar-refractivity contribution in [3.63, 3.8) is 0 Å². The van der Waals surface area contributed by atoms with Crippen LogP contribution in [-0.4, -0.2) is 63.8 Å². The van der Waals surface area contributed by atoms with Gasteiger partial charge >= 0.3 is 12.1 Å². The summed E-state index contributed by atoms with van der Waals surface area (Å²) in [5.41, 5.74) is -0.404. The second kappa shape index (κ2) is 15.1. The van der Waals surface area contributed by atoms with Crippen LogP contribution in [0.4, 0.5) is 10.6 Å². The van der Waals surface area contributed by atoms with Gasteiger partial charge in [-0.1, -0.05) is 60.7 Å². The summed E-state index contributed by atoms with van der Waals surface area (Å²) in [6.45, 7) is 9.59. The number of carbonyl (C=O) groups excluding carboxylic acids is 4. The Morgan fingerprint density at radius 2 is 1.55 bits per heavy atom. The Kier molecular flexibility index (Phi) is 11.6. The van der Waals surface area contributed by atoms with Crippen LogP contribution in [0, 0.1) is 0 Å². The third kappa shape index (κ3) is 10.8. The zero-order chi connectivity index (χ0) is 32.3. The van der Waals surface area contributed by atoms with E-state index >= 15 is 0 Å². The van der Waals surface area contributed by atoms with Gasteiger partial charge in [0.25, 0.3) is 5.91 Å². The lowest BCUT2D eigenvalue weighted by Crippen LogP contribution is -2.59. The number of hydrogen-bond donors (Lipinski definition) is 3. The van der Waals surface area contributed by atoms with Gasteiger partial charge in [0.15, 0.2) is 5.82 Å². The van der Waals surface area contributed by atoms with E-state index in [-0.39, 0.29) is 31.7 Å². The van der Waals surface area contributed by atoms with Crippen LogP contribution in [-0.2, 0) is 35.2 Å². The largest absolute Gasteiger partial charge is 0.463 e. The summed E-state index contributed by atoms with van der Waals surface area (Å²) in [6, 6.07) is 17.3. The van der Waals surface area contributed by atoms with Crippen LogP contribution in [0.5, 0.6) is 0 Å². The Morgan fingerprint density at radius 3 is 2.16 bits per heavy atom. The number of esters is 1. The summed E-state index contributed by atoms with van der Waals surface area (Å²) >= 11 is 0. The minimum atomic E-state index is -1.42. The molecule has 0 saturated carbocycles. The van der Waals surface area contributed by atoms with Gasteiger partial charge in [0.1, 0.15) is 23.8 Å². The van der Waals surface area contributed by atoms with Crippen LogP contribution in [0.3, 0.4) is 0 Å². The number of hydrogen-bond acceptors (Lipinski definition) is 8. The summed E-state index contributed by atoms with van der Waals surface area (Å²) in [4.78, 5) is 54.9. The Morgan fingerprint density at radius 1 is 0.909 bits per heavy atom. The third-order valence-corrected chi connectivity index (χ3v) is 6.24. The summed E-state index contributed by atoms with van der Waals surface area (Å²) in [7, 11) is 0. The number of nitrogens with one attached hydrogen (secondary N) is 3. The number of carbonyl (C=O) groups is 4. The molecule has 2 atom stereocenters. The Labute approximate surface area is 257 Å². The van der Waals surface area contributed by atoms with Crippen LogP contribution in [0.25, 0.3) is 0 Å². The third-order valence-electron chi connectivity index (χ3n) is 6.24. The fourth-order valence-corrected chi connectivity index (χ4v) is 4.02. The standard InChI is InChI=1S/C32H41N5O7/c1-22(38)43-20-26(24-15-11-8-12-16-24)37-17-27(33-21-37)35-28(39)25(19-42-18-23-13-9-7-10-14-23)34-29(40)32(5,6)36-30(41)44-31(2,3)4/h7-17,21,25-26H,18-20H2,1-6H3,(H,34,40)(H,35,39)(H,36,41)/t25-,26?/m1/s1. The van der Waals surface area contributed by atoms with E-state index in [1.807, 2.05) is 60.7 Å². The molecule has 0 radical (unpaired) electrons. The minimum absolute atomic E-state index is 0.0643. The van der Waals surface area contributed by atoms with Gasteiger partial charge in [0.2, 0.25) is 5.91 Å². The maximum atomic E-state index is 13.5. The monoisotopic (exact) mass is 607 g/mol. The molecule has 0 bridgehead atoms. The van der Waals surface area contributed by atoms with Gasteiger partial charge in [-0.2, -0.15) is 0 Å². The number of benzene rings is 2. The number of aromatic nitrogens is 2. The number of rotatable bonds is 13. The highest BCUT2D eigenvalue weighted by molar-refractivity contribution is 5.98. The van der Waals surface area contributed by atoms with E-state index in [0.717, 1.165) is 11.1 Å². The zero-order valence-electron chi connectivity index (χ0n) is 26.0. The van der Waals surface area contributed by atoms with Crippen LogP contribution >= 0.6 is 0 Å². The molecule has 0 fully saturated rings. The molecular weight excluding hydrogens is 566 g/mol. The number of alkyl carbamates (subject to hydrolysis) is 1. The average molecular weight is 608 g/mol. The molecule has 3 N–H and O–H groups in total. The molecule has 236 valence electrons. The first-order valence-corrected chi connectivity index (χ1v) is 14.2. The molecular formula is C32H41N5O7. The van der Waals surface area contributed by atoms with Crippen molar-refractivity contribution in [1.82, 2.24) is 20.2 Å². The number of anilines is 1. The summed E-state index contributed by atoms with van der Waals surface area (Å²) < 4.78 is 18.1. The van der Waals surface area contributed by atoms with Gasteiger partial charge in [-0.05, 0) is 45.7 Å². The number of ether oxygens (including phenoxy) is 3. The maximum Gasteiger partial charge on any atom is 0.408 e. The van der Waals surface area contributed by atoms with E-state index in [9.17, 15) is 19.2 Å². The Bertz CT molecular complexity index is 1400. The molecule has 1 unspecified atom stereocenters. The molecule has 3 amide bonds. The number of imidazole rings is 1. The molecule has 12 nitrogen and oxygen atoms in total. The second-order valence-electron chi connectivity index (χ2n) is 11.7. The highest BCUT2D eigenvalue weighted by Gasteiger charge is 2.34. The fraction of sp³-hybridized carbons (Fsp3) is 0.406. The van der Waals surface area contributed by atoms with E-state index in [1.54, 1.807) is 31.5 Å². The zero-order valence-corrected chi connectivity index (χ0v) is 26.0. The average Bonchev–Trinajstić information content (AvgIpc) is 3.40. The lowest BCUT2D eigenvalue weighted by Gasteiger charge is -2.29. The van der Waals surface area contributed by atoms with Gasteiger partial charge in [-0.3, -0.25) is 14.4 Å². The lowest BCUT2D eigenvalue weighted by molar-refractivity contribution is -0.141. The topological polar surface area (TPSA) is 150 Å². The maximum absolute atomic E-state index is 13.5. The van der Waals surface area contributed by atoms with Crippen LogP contribution < -0.4 is 16.0 Å². The van der Waals surface area contributed by atoms with E-state index in [2.05, 4.69) is 20.9 Å². The first kappa shape index (κ1) is 33.8. The highest BCUT2D eigenvalue weighted by atomic mass is 16.6. The molecule has 0 aliphatic rings. The van der Waals surface area contributed by atoms with Crippen molar-refractivity contribution >= 4 is 29.7 Å². The van der Waals surface area contributed by atoms with E-state index in [4.69, 9.17) is 14.2 Å². The predicted octanol–water partition coefficient (Wildman–Crippen LogP) is 3.98. The molecule has 44 heavy (non-hydrogen) atoms. The molecule has 3 aromatic rings.